The number of carboxylic acid groups (broad SMARTS) is 1. The molecule has 0 spiro atoms. The molecule has 5 heteroatoms. The summed E-state index contributed by atoms with van der Waals surface area (Å²) in [6, 6.07) is 8.36. The predicted molar refractivity (Wildman–Crippen MR) is 77.2 cm³/mol. The molecule has 0 heterocycles. The monoisotopic (exact) mass is 278 g/mol. The number of carbonyl (C=O) groups excluding carboxylic acids is 1. The Morgan fingerprint density at radius 3 is 2.25 bits per heavy atom. The van der Waals surface area contributed by atoms with Crippen LogP contribution in [0.15, 0.2) is 30.3 Å². The van der Waals surface area contributed by atoms with E-state index in [2.05, 4.69) is 0 Å². The van der Waals surface area contributed by atoms with E-state index in [4.69, 9.17) is 16.6 Å². The largest absolute Gasteiger partial charge is 0.480 e. The molecule has 2 unspecified atom stereocenters. The van der Waals surface area contributed by atoms with E-state index in [0.717, 1.165) is 5.56 Å². The highest BCUT2D eigenvalue weighted by Crippen LogP contribution is 2.08. The van der Waals surface area contributed by atoms with Gasteiger partial charge in [0.05, 0.1) is 6.04 Å². The summed E-state index contributed by atoms with van der Waals surface area (Å²) in [6.45, 7) is 0. The molecule has 0 radical (unpaired) electrons. The molecular formula is C15H22N2O3. The Kier molecular flexibility index (Phi) is 6.90. The molecule has 0 amide bonds. The van der Waals surface area contributed by atoms with Crippen LogP contribution in [0.1, 0.15) is 31.2 Å². The first-order chi connectivity index (χ1) is 9.50. The van der Waals surface area contributed by atoms with Crippen molar-refractivity contribution in [3.05, 3.63) is 35.9 Å². The lowest BCUT2D eigenvalue weighted by Crippen LogP contribution is -2.33. The van der Waals surface area contributed by atoms with E-state index >= 15 is 0 Å². The zero-order valence-electron chi connectivity index (χ0n) is 11.5. The van der Waals surface area contributed by atoms with Crippen molar-refractivity contribution < 1.29 is 14.7 Å². The summed E-state index contributed by atoms with van der Waals surface area (Å²) in [5.41, 5.74) is 12.3. The summed E-state index contributed by atoms with van der Waals surface area (Å²) in [5, 5.41) is 8.64. The smallest absolute Gasteiger partial charge is 0.320 e. The van der Waals surface area contributed by atoms with E-state index in [0.29, 0.717) is 32.1 Å². The molecule has 1 aromatic carbocycles. The van der Waals surface area contributed by atoms with Crippen LogP contribution in [0.5, 0.6) is 0 Å². The Bertz CT molecular complexity index is 434. The maximum Gasteiger partial charge on any atom is 0.320 e. The van der Waals surface area contributed by atoms with Crippen LogP contribution in [0.4, 0.5) is 0 Å². The molecule has 0 aliphatic carbocycles. The number of nitrogens with two attached hydrogens (primary N) is 2. The molecule has 20 heavy (non-hydrogen) atoms. The predicted octanol–water partition coefficient (Wildman–Crippen LogP) is 1.10. The molecule has 0 saturated heterocycles. The Morgan fingerprint density at radius 2 is 1.65 bits per heavy atom. The summed E-state index contributed by atoms with van der Waals surface area (Å²) in [5.74, 6) is -1.01. The van der Waals surface area contributed by atoms with Gasteiger partial charge in [-0.05, 0) is 31.2 Å². The van der Waals surface area contributed by atoms with Crippen LogP contribution in [0.2, 0.25) is 0 Å². The molecule has 0 aliphatic heterocycles. The minimum atomic E-state index is -1.02. The Morgan fingerprint density at radius 1 is 1.05 bits per heavy atom. The second kappa shape index (κ2) is 8.45. The molecule has 0 fully saturated rings. The van der Waals surface area contributed by atoms with Gasteiger partial charge in [-0.1, -0.05) is 30.3 Å². The van der Waals surface area contributed by atoms with E-state index in [1.165, 1.54) is 0 Å². The lowest BCUT2D eigenvalue weighted by atomic mass is 9.99. The molecule has 1 rings (SSSR count). The minimum absolute atomic E-state index is 0.0118. The van der Waals surface area contributed by atoms with Crippen molar-refractivity contribution in [3.8, 4) is 0 Å². The maximum absolute atomic E-state index is 11.9. The highest BCUT2D eigenvalue weighted by atomic mass is 16.4. The van der Waals surface area contributed by atoms with Gasteiger partial charge >= 0.3 is 5.97 Å². The summed E-state index contributed by atoms with van der Waals surface area (Å²) in [4.78, 5) is 22.4. The van der Waals surface area contributed by atoms with Crippen LogP contribution < -0.4 is 11.5 Å². The number of Topliss-reactive ketones (excluding diaryl/α,β-unsaturated/α-hetero) is 1. The molecule has 5 N–H and O–H groups in total. The van der Waals surface area contributed by atoms with E-state index in [-0.39, 0.29) is 5.78 Å². The van der Waals surface area contributed by atoms with Gasteiger partial charge in [0.1, 0.15) is 11.8 Å². The van der Waals surface area contributed by atoms with Crippen LogP contribution in [-0.4, -0.2) is 28.9 Å². The van der Waals surface area contributed by atoms with E-state index in [1.807, 2.05) is 30.3 Å². The zero-order chi connectivity index (χ0) is 15.0. The maximum atomic E-state index is 11.9. The zero-order valence-corrected chi connectivity index (χ0v) is 11.5. The third kappa shape index (κ3) is 5.95. The number of carboxylic acids is 1. The average molecular weight is 278 g/mol. The lowest BCUT2D eigenvalue weighted by molar-refractivity contribution is -0.138. The van der Waals surface area contributed by atoms with Crippen molar-refractivity contribution in [2.75, 3.05) is 0 Å². The van der Waals surface area contributed by atoms with Crippen LogP contribution in [0, 0.1) is 0 Å². The number of hydrogen-bond acceptors (Lipinski definition) is 4. The number of ketones is 1. The molecular weight excluding hydrogens is 256 g/mol. The van der Waals surface area contributed by atoms with Gasteiger partial charge in [-0.25, -0.2) is 0 Å². The number of carbonyl (C=O) groups is 2. The first-order valence-electron chi connectivity index (χ1n) is 6.81. The van der Waals surface area contributed by atoms with Crippen LogP contribution in [0.3, 0.4) is 0 Å². The molecule has 110 valence electrons. The number of benzene rings is 1. The van der Waals surface area contributed by atoms with Gasteiger partial charge in [0.25, 0.3) is 0 Å². The average Bonchev–Trinajstić information content (AvgIpc) is 2.45. The van der Waals surface area contributed by atoms with Gasteiger partial charge < -0.3 is 16.6 Å². The summed E-state index contributed by atoms with van der Waals surface area (Å²) >= 11 is 0. The molecule has 5 nitrogen and oxygen atoms in total. The van der Waals surface area contributed by atoms with Gasteiger partial charge in [0.2, 0.25) is 0 Å². The Labute approximate surface area is 119 Å². The normalized spacial score (nSPS) is 13.7. The van der Waals surface area contributed by atoms with E-state index < -0.39 is 18.1 Å². The molecule has 0 saturated carbocycles. The third-order valence-corrected chi connectivity index (χ3v) is 3.26. The fourth-order valence-corrected chi connectivity index (χ4v) is 1.94. The van der Waals surface area contributed by atoms with Crippen molar-refractivity contribution in [3.63, 3.8) is 0 Å². The number of hydrogen-bond donors (Lipinski definition) is 3. The number of rotatable bonds is 9. The van der Waals surface area contributed by atoms with Crippen LogP contribution in [-0.2, 0) is 16.0 Å². The number of aliphatic carboxylic acids is 1. The van der Waals surface area contributed by atoms with Gasteiger partial charge in [0.15, 0.2) is 0 Å². The first kappa shape index (κ1) is 16.3. The molecule has 0 aliphatic rings. The molecule has 2 atom stereocenters. The quantitative estimate of drug-likeness (QED) is 0.627. The third-order valence-electron chi connectivity index (χ3n) is 3.26. The Balaban J connectivity index is 2.24. The van der Waals surface area contributed by atoms with Crippen molar-refractivity contribution in [2.24, 2.45) is 11.5 Å². The van der Waals surface area contributed by atoms with E-state index in [9.17, 15) is 9.59 Å². The topological polar surface area (TPSA) is 106 Å². The number of aryl methyl sites for hydroxylation is 1. The van der Waals surface area contributed by atoms with Crippen LogP contribution >= 0.6 is 0 Å². The SMILES string of the molecule is NC(CCCC(N)C(=O)CCc1ccccc1)C(=O)O. The van der Waals surface area contributed by atoms with Gasteiger partial charge in [-0.3, -0.25) is 9.59 Å². The van der Waals surface area contributed by atoms with Crippen molar-refractivity contribution in [1.82, 2.24) is 0 Å². The van der Waals surface area contributed by atoms with Crippen molar-refractivity contribution >= 4 is 11.8 Å². The summed E-state index contributed by atoms with van der Waals surface area (Å²) in [6.07, 6.45) is 2.47. The van der Waals surface area contributed by atoms with E-state index in [1.54, 1.807) is 0 Å². The van der Waals surface area contributed by atoms with Gasteiger partial charge in [0, 0.05) is 6.42 Å². The van der Waals surface area contributed by atoms with Crippen molar-refractivity contribution in [2.45, 2.75) is 44.2 Å². The first-order valence-corrected chi connectivity index (χ1v) is 6.81. The van der Waals surface area contributed by atoms with Gasteiger partial charge in [-0.15, -0.1) is 0 Å². The van der Waals surface area contributed by atoms with Gasteiger partial charge in [-0.2, -0.15) is 0 Å². The summed E-state index contributed by atoms with van der Waals surface area (Å²) in [7, 11) is 0. The molecule has 0 aromatic heterocycles. The second-order valence-electron chi connectivity index (χ2n) is 4.93. The van der Waals surface area contributed by atoms with Crippen molar-refractivity contribution in [1.29, 1.82) is 0 Å². The minimum Gasteiger partial charge on any atom is -0.480 e. The lowest BCUT2D eigenvalue weighted by Gasteiger charge is -2.11. The Hall–Kier alpha value is -1.72. The summed E-state index contributed by atoms with van der Waals surface area (Å²) < 4.78 is 0. The standard InChI is InChI=1S/C15H22N2O3/c16-12(7-4-8-13(17)15(19)20)14(18)10-9-11-5-2-1-3-6-11/h1-3,5-6,12-13H,4,7-10,16-17H2,(H,19,20). The fraction of sp³-hybridized carbons (Fsp3) is 0.467. The molecule has 1 aromatic rings. The fourth-order valence-electron chi connectivity index (χ4n) is 1.94. The second-order valence-corrected chi connectivity index (χ2v) is 4.93. The molecule has 0 bridgehead atoms. The highest BCUT2D eigenvalue weighted by Gasteiger charge is 2.15. The van der Waals surface area contributed by atoms with Crippen LogP contribution in [0.25, 0.3) is 0 Å². The highest BCUT2D eigenvalue weighted by molar-refractivity contribution is 5.83.